The number of nitrogens with two attached hydrogens (primary N) is 1. The van der Waals surface area contributed by atoms with E-state index < -0.39 is 10.0 Å². The highest BCUT2D eigenvalue weighted by atomic mass is 32.2. The molecule has 0 spiro atoms. The molecule has 2 aromatic rings. The second kappa shape index (κ2) is 6.92. The Hall–Kier alpha value is -1.90. The zero-order valence-corrected chi connectivity index (χ0v) is 14.6. The molecule has 0 saturated carbocycles. The average Bonchev–Trinajstić information content (AvgIpc) is 2.98. The lowest BCUT2D eigenvalue weighted by atomic mass is 10.2. The number of primary sulfonamides is 1. The maximum Gasteiger partial charge on any atom is 0.238 e. The number of anilines is 1. The van der Waals surface area contributed by atoms with Crippen LogP contribution >= 0.6 is 0 Å². The predicted octanol–water partition coefficient (Wildman–Crippen LogP) is 0.661. The standard InChI is InChI=1S/C16H23N5O2S/c1-14-12-18-21(13-14)11-8-19-6-9-20(10-7-19)15-2-4-16(5-3-15)24(17,22)23/h2-5,12-13H,6-11H2,1H3,(H2,17,22,23). The van der Waals surface area contributed by atoms with Crippen molar-refractivity contribution in [1.29, 1.82) is 0 Å². The molecule has 1 fully saturated rings. The maximum absolute atomic E-state index is 11.3. The first-order chi connectivity index (χ1) is 11.4. The summed E-state index contributed by atoms with van der Waals surface area (Å²) in [7, 11) is -3.63. The number of aromatic nitrogens is 2. The van der Waals surface area contributed by atoms with E-state index in [1.807, 2.05) is 29.9 Å². The molecule has 0 amide bonds. The lowest BCUT2D eigenvalue weighted by molar-refractivity contribution is 0.244. The molecule has 130 valence electrons. The Kier molecular flexibility index (Phi) is 4.88. The number of hydrogen-bond acceptors (Lipinski definition) is 5. The normalized spacial score (nSPS) is 16.5. The van der Waals surface area contributed by atoms with Gasteiger partial charge in [0.15, 0.2) is 0 Å². The number of nitrogens with zero attached hydrogens (tertiary/aromatic N) is 4. The number of piperazine rings is 1. The van der Waals surface area contributed by atoms with Crippen molar-refractivity contribution in [3.05, 3.63) is 42.2 Å². The van der Waals surface area contributed by atoms with Crippen molar-refractivity contribution >= 4 is 15.7 Å². The highest BCUT2D eigenvalue weighted by molar-refractivity contribution is 7.89. The third-order valence-corrected chi connectivity index (χ3v) is 5.24. The number of sulfonamides is 1. The lowest BCUT2D eigenvalue weighted by Crippen LogP contribution is -2.47. The Morgan fingerprint density at radius 1 is 1.08 bits per heavy atom. The van der Waals surface area contributed by atoms with Gasteiger partial charge in [0.2, 0.25) is 10.0 Å². The highest BCUT2D eigenvalue weighted by Gasteiger charge is 2.17. The van der Waals surface area contributed by atoms with E-state index in [4.69, 9.17) is 5.14 Å². The third-order valence-electron chi connectivity index (χ3n) is 4.31. The van der Waals surface area contributed by atoms with Crippen LogP contribution in [0.4, 0.5) is 5.69 Å². The molecule has 0 aliphatic carbocycles. The first kappa shape index (κ1) is 16.9. The third kappa shape index (κ3) is 4.14. The van der Waals surface area contributed by atoms with E-state index in [0.717, 1.165) is 45.0 Å². The molecule has 1 aromatic carbocycles. The van der Waals surface area contributed by atoms with Crippen LogP contribution in [0, 0.1) is 6.92 Å². The van der Waals surface area contributed by atoms with E-state index in [1.165, 1.54) is 5.56 Å². The molecule has 3 rings (SSSR count). The molecule has 0 atom stereocenters. The Balaban J connectivity index is 1.51. The molecule has 0 bridgehead atoms. The van der Waals surface area contributed by atoms with Crippen LogP contribution in [0.3, 0.4) is 0 Å². The summed E-state index contributed by atoms with van der Waals surface area (Å²) in [5.74, 6) is 0. The molecule has 2 heterocycles. The van der Waals surface area contributed by atoms with Gasteiger partial charge in [-0.2, -0.15) is 5.10 Å². The summed E-state index contributed by atoms with van der Waals surface area (Å²) in [6, 6.07) is 6.78. The van der Waals surface area contributed by atoms with Crippen molar-refractivity contribution in [2.45, 2.75) is 18.4 Å². The largest absolute Gasteiger partial charge is 0.369 e. The van der Waals surface area contributed by atoms with E-state index in [2.05, 4.69) is 21.1 Å². The average molecular weight is 349 g/mol. The summed E-state index contributed by atoms with van der Waals surface area (Å²) in [5.41, 5.74) is 2.22. The first-order valence-electron chi connectivity index (χ1n) is 8.01. The maximum atomic E-state index is 11.3. The fraction of sp³-hybridized carbons (Fsp3) is 0.438. The molecular weight excluding hydrogens is 326 g/mol. The minimum atomic E-state index is -3.63. The van der Waals surface area contributed by atoms with Crippen LogP contribution in [0.15, 0.2) is 41.6 Å². The van der Waals surface area contributed by atoms with Gasteiger partial charge < -0.3 is 4.90 Å². The van der Waals surface area contributed by atoms with E-state index in [0.29, 0.717) is 0 Å². The summed E-state index contributed by atoms with van der Waals surface area (Å²) in [6.45, 7) is 7.74. The zero-order chi connectivity index (χ0) is 17.2. The quantitative estimate of drug-likeness (QED) is 0.857. The van der Waals surface area contributed by atoms with E-state index >= 15 is 0 Å². The second-order valence-corrected chi connectivity index (χ2v) is 7.71. The smallest absolute Gasteiger partial charge is 0.238 e. The van der Waals surface area contributed by atoms with Gasteiger partial charge in [0.05, 0.1) is 17.6 Å². The predicted molar refractivity (Wildman–Crippen MR) is 93.4 cm³/mol. The molecule has 2 N–H and O–H groups in total. The van der Waals surface area contributed by atoms with E-state index in [-0.39, 0.29) is 4.90 Å². The fourth-order valence-electron chi connectivity index (χ4n) is 2.91. The number of rotatable bonds is 5. The van der Waals surface area contributed by atoms with Crippen LogP contribution < -0.4 is 10.0 Å². The summed E-state index contributed by atoms with van der Waals surface area (Å²) < 4.78 is 24.6. The van der Waals surface area contributed by atoms with Gasteiger partial charge in [-0.05, 0) is 36.8 Å². The number of benzene rings is 1. The number of hydrogen-bond donors (Lipinski definition) is 1. The van der Waals surface area contributed by atoms with Crippen molar-refractivity contribution in [1.82, 2.24) is 14.7 Å². The molecule has 1 aromatic heterocycles. The van der Waals surface area contributed by atoms with Crippen LogP contribution in [0.2, 0.25) is 0 Å². The Bertz CT molecular complexity index is 777. The van der Waals surface area contributed by atoms with Crippen molar-refractivity contribution in [3.63, 3.8) is 0 Å². The minimum Gasteiger partial charge on any atom is -0.369 e. The van der Waals surface area contributed by atoms with Crippen molar-refractivity contribution < 1.29 is 8.42 Å². The van der Waals surface area contributed by atoms with Gasteiger partial charge in [0.1, 0.15) is 0 Å². The van der Waals surface area contributed by atoms with Crippen LogP contribution in [0.1, 0.15) is 5.56 Å². The molecular formula is C16H23N5O2S. The Morgan fingerprint density at radius 3 is 2.29 bits per heavy atom. The zero-order valence-electron chi connectivity index (χ0n) is 13.8. The van der Waals surface area contributed by atoms with Crippen LogP contribution in [0.5, 0.6) is 0 Å². The SMILES string of the molecule is Cc1cnn(CCN2CCN(c3ccc(S(N)(=O)=O)cc3)CC2)c1. The van der Waals surface area contributed by atoms with Gasteiger partial charge in [-0.1, -0.05) is 0 Å². The van der Waals surface area contributed by atoms with Crippen molar-refractivity contribution in [2.75, 3.05) is 37.6 Å². The molecule has 0 unspecified atom stereocenters. The summed E-state index contributed by atoms with van der Waals surface area (Å²) in [5, 5.41) is 9.44. The second-order valence-electron chi connectivity index (χ2n) is 6.15. The Labute approximate surface area is 142 Å². The first-order valence-corrected chi connectivity index (χ1v) is 9.56. The van der Waals surface area contributed by atoms with E-state index in [1.54, 1.807) is 12.1 Å². The van der Waals surface area contributed by atoms with E-state index in [9.17, 15) is 8.42 Å². The van der Waals surface area contributed by atoms with Gasteiger partial charge in [0, 0.05) is 44.6 Å². The fourth-order valence-corrected chi connectivity index (χ4v) is 3.42. The van der Waals surface area contributed by atoms with Crippen molar-refractivity contribution in [2.24, 2.45) is 5.14 Å². The molecule has 8 heteroatoms. The Morgan fingerprint density at radius 2 is 1.75 bits per heavy atom. The van der Waals surface area contributed by atoms with Crippen molar-refractivity contribution in [3.8, 4) is 0 Å². The lowest BCUT2D eigenvalue weighted by Gasteiger charge is -2.36. The summed E-state index contributed by atoms with van der Waals surface area (Å²) in [4.78, 5) is 4.84. The molecule has 24 heavy (non-hydrogen) atoms. The molecule has 1 saturated heterocycles. The van der Waals surface area contributed by atoms with Gasteiger partial charge in [-0.25, -0.2) is 13.6 Å². The minimum absolute atomic E-state index is 0.152. The van der Waals surface area contributed by atoms with Gasteiger partial charge >= 0.3 is 0 Å². The molecule has 0 radical (unpaired) electrons. The molecule has 7 nitrogen and oxygen atoms in total. The monoisotopic (exact) mass is 349 g/mol. The van der Waals surface area contributed by atoms with Gasteiger partial charge in [0.25, 0.3) is 0 Å². The number of aryl methyl sites for hydroxylation is 1. The van der Waals surface area contributed by atoms with Gasteiger partial charge in [-0.3, -0.25) is 9.58 Å². The topological polar surface area (TPSA) is 84.5 Å². The summed E-state index contributed by atoms with van der Waals surface area (Å²) in [6.07, 6.45) is 3.94. The highest BCUT2D eigenvalue weighted by Crippen LogP contribution is 2.19. The van der Waals surface area contributed by atoms with Crippen LogP contribution in [0.25, 0.3) is 0 Å². The summed E-state index contributed by atoms with van der Waals surface area (Å²) >= 11 is 0. The molecule has 1 aliphatic rings. The van der Waals surface area contributed by atoms with Crippen LogP contribution in [-0.2, 0) is 16.6 Å². The molecule has 1 aliphatic heterocycles. The van der Waals surface area contributed by atoms with Gasteiger partial charge in [-0.15, -0.1) is 0 Å². The van der Waals surface area contributed by atoms with Crippen LogP contribution in [-0.4, -0.2) is 55.8 Å².